The van der Waals surface area contributed by atoms with E-state index in [1.54, 1.807) is 24.1 Å². The Labute approximate surface area is 265 Å². The molecule has 2 aromatic carbocycles. The first-order chi connectivity index (χ1) is 21.2. The summed E-state index contributed by atoms with van der Waals surface area (Å²) in [6.07, 6.45) is 7.15. The number of methoxy groups -OCH3 is 1. The molecule has 238 valence electrons. The van der Waals surface area contributed by atoms with Gasteiger partial charge in [-0.3, -0.25) is 9.59 Å². The molecule has 2 aromatic rings. The Kier molecular flexibility index (Phi) is 12.1. The van der Waals surface area contributed by atoms with Crippen molar-refractivity contribution in [3.05, 3.63) is 70.7 Å². The first-order valence-electron chi connectivity index (χ1n) is 15.6. The van der Waals surface area contributed by atoms with Gasteiger partial charge in [0, 0.05) is 25.0 Å². The smallest absolute Gasteiger partial charge is 0.408 e. The monoisotopic (exact) mass is 625 g/mol. The molecule has 0 spiro atoms. The number of hydrogen-bond donors (Lipinski definition) is 2. The highest BCUT2D eigenvalue weighted by atomic mass is 35.5. The molecule has 3 amide bonds. The fourth-order valence-electron chi connectivity index (χ4n) is 5.86. The van der Waals surface area contributed by atoms with Gasteiger partial charge in [0.15, 0.2) is 0 Å². The number of nitrogens with one attached hydrogen (secondary N) is 2. The first kappa shape index (κ1) is 33.3. The predicted octanol–water partition coefficient (Wildman–Crippen LogP) is 5.53. The Morgan fingerprint density at radius 3 is 2.36 bits per heavy atom. The maximum absolute atomic E-state index is 13.6. The van der Waals surface area contributed by atoms with Crippen LogP contribution in [-0.2, 0) is 35.9 Å². The zero-order valence-corrected chi connectivity index (χ0v) is 26.4. The second-order valence-corrected chi connectivity index (χ2v) is 12.4. The van der Waals surface area contributed by atoms with Gasteiger partial charge in [0.2, 0.25) is 11.8 Å². The van der Waals surface area contributed by atoms with E-state index >= 15 is 0 Å². The van der Waals surface area contributed by atoms with Gasteiger partial charge in [0.1, 0.15) is 17.7 Å². The minimum absolute atomic E-state index is 0.0518. The van der Waals surface area contributed by atoms with Crippen LogP contribution in [0, 0.1) is 5.92 Å². The molecule has 0 aromatic heterocycles. The quantitative estimate of drug-likeness (QED) is 0.267. The molecule has 0 unspecified atom stereocenters. The molecule has 2 atom stereocenters. The zero-order valence-electron chi connectivity index (χ0n) is 25.7. The van der Waals surface area contributed by atoms with Gasteiger partial charge in [-0.25, -0.2) is 9.59 Å². The minimum atomic E-state index is -1.04. The standard InChI is InChI=1S/C34H44ClN3O6/c1-38(21-18-24-10-5-3-6-11-24)30(39)17-16-28(32(41)43-2)36-31(40)29(22-25-12-7-4-8-13-25)37-33(42)44-34(19-20-34)26-14-9-15-27(35)23-26/h3,5-6,9-11,14-15,23,25,28-29H,4,7-8,12-13,16-22H2,1-2H3,(H,36,40)(H,37,42)/t28-,29-/m0/s1. The summed E-state index contributed by atoms with van der Waals surface area (Å²) in [4.78, 5) is 53.9. The van der Waals surface area contributed by atoms with Crippen LogP contribution in [0.3, 0.4) is 0 Å². The number of benzene rings is 2. The third-order valence-electron chi connectivity index (χ3n) is 8.70. The van der Waals surface area contributed by atoms with Crippen LogP contribution in [-0.4, -0.2) is 61.6 Å². The number of ether oxygens (including phenoxy) is 2. The van der Waals surface area contributed by atoms with Gasteiger partial charge in [-0.1, -0.05) is 86.2 Å². The van der Waals surface area contributed by atoms with E-state index in [9.17, 15) is 19.2 Å². The van der Waals surface area contributed by atoms with Gasteiger partial charge in [-0.2, -0.15) is 0 Å². The molecule has 9 nitrogen and oxygen atoms in total. The average molecular weight is 626 g/mol. The molecular weight excluding hydrogens is 582 g/mol. The first-order valence-corrected chi connectivity index (χ1v) is 16.0. The van der Waals surface area contributed by atoms with Gasteiger partial charge in [-0.05, 0) is 61.3 Å². The number of carbonyl (C=O) groups excluding carboxylic acids is 4. The topological polar surface area (TPSA) is 114 Å². The molecular formula is C34H44ClN3O6. The van der Waals surface area contributed by atoms with Crippen molar-refractivity contribution in [1.82, 2.24) is 15.5 Å². The summed E-state index contributed by atoms with van der Waals surface area (Å²) in [7, 11) is 2.97. The molecule has 0 bridgehead atoms. The maximum Gasteiger partial charge on any atom is 0.408 e. The van der Waals surface area contributed by atoms with Crippen molar-refractivity contribution in [2.75, 3.05) is 20.7 Å². The molecule has 2 N–H and O–H groups in total. The lowest BCUT2D eigenvalue weighted by Crippen LogP contribution is -2.53. The highest BCUT2D eigenvalue weighted by Crippen LogP contribution is 2.49. The molecule has 10 heteroatoms. The van der Waals surface area contributed by atoms with Gasteiger partial charge in [-0.15, -0.1) is 0 Å². The van der Waals surface area contributed by atoms with E-state index in [-0.39, 0.29) is 24.7 Å². The molecule has 0 radical (unpaired) electrons. The van der Waals surface area contributed by atoms with Gasteiger partial charge in [0.25, 0.3) is 0 Å². The number of esters is 1. The second-order valence-electron chi connectivity index (χ2n) is 12.0. The average Bonchev–Trinajstić information content (AvgIpc) is 3.82. The Bertz CT molecular complexity index is 1280. The molecule has 2 aliphatic carbocycles. The zero-order chi connectivity index (χ0) is 31.5. The molecule has 4 rings (SSSR count). The van der Waals surface area contributed by atoms with Crippen molar-refractivity contribution >= 4 is 35.5 Å². The fourth-order valence-corrected chi connectivity index (χ4v) is 6.05. The third-order valence-corrected chi connectivity index (χ3v) is 8.93. The summed E-state index contributed by atoms with van der Waals surface area (Å²) in [5, 5.41) is 6.11. The Morgan fingerprint density at radius 1 is 0.977 bits per heavy atom. The molecule has 0 aliphatic heterocycles. The molecule has 2 aliphatic rings. The normalized spacial score (nSPS) is 17.1. The van der Waals surface area contributed by atoms with E-state index in [2.05, 4.69) is 10.6 Å². The SMILES string of the molecule is COC(=O)[C@H](CCC(=O)N(C)CCc1ccccc1)NC(=O)[C@H](CC1CCCCC1)NC(=O)OC1(c2cccc(Cl)c2)CC1. The number of halogens is 1. The summed E-state index contributed by atoms with van der Waals surface area (Å²) >= 11 is 6.17. The van der Waals surface area contributed by atoms with Gasteiger partial charge < -0.3 is 25.0 Å². The lowest BCUT2D eigenvalue weighted by Gasteiger charge is -2.28. The Hall–Kier alpha value is -3.59. The molecule has 2 fully saturated rings. The van der Waals surface area contributed by atoms with Crippen LogP contribution in [0.1, 0.15) is 75.3 Å². The number of hydrogen-bond acceptors (Lipinski definition) is 6. The van der Waals surface area contributed by atoms with E-state index in [1.165, 1.54) is 7.11 Å². The summed E-state index contributed by atoms with van der Waals surface area (Å²) in [5.74, 6) is -1.02. The van der Waals surface area contributed by atoms with Gasteiger partial charge >= 0.3 is 12.1 Å². The third kappa shape index (κ3) is 9.71. The van der Waals surface area contributed by atoms with Crippen molar-refractivity contribution < 1.29 is 28.7 Å². The summed E-state index contributed by atoms with van der Waals surface area (Å²) in [5.41, 5.74) is 1.18. The van der Waals surface area contributed by atoms with Crippen molar-refractivity contribution in [2.45, 2.75) is 88.3 Å². The number of rotatable bonds is 14. The van der Waals surface area contributed by atoms with E-state index < -0.39 is 35.7 Å². The number of carbonyl (C=O) groups is 4. The van der Waals surface area contributed by atoms with Crippen LogP contribution >= 0.6 is 11.6 Å². The van der Waals surface area contributed by atoms with Crippen LogP contribution in [0.2, 0.25) is 5.02 Å². The number of likely N-dealkylation sites (N-methyl/N-ethyl adjacent to an activating group) is 1. The number of amides is 3. The maximum atomic E-state index is 13.6. The van der Waals surface area contributed by atoms with Crippen molar-refractivity contribution in [3.63, 3.8) is 0 Å². The van der Waals surface area contributed by atoms with Crippen molar-refractivity contribution in [2.24, 2.45) is 5.92 Å². The van der Waals surface area contributed by atoms with Crippen molar-refractivity contribution in [3.8, 4) is 0 Å². The van der Waals surface area contributed by atoms with Crippen LogP contribution in [0.25, 0.3) is 0 Å². The van der Waals surface area contributed by atoms with E-state index in [0.717, 1.165) is 43.2 Å². The molecule has 0 saturated heterocycles. The highest BCUT2D eigenvalue weighted by Gasteiger charge is 2.49. The summed E-state index contributed by atoms with van der Waals surface area (Å²) in [6.45, 7) is 0.532. The van der Waals surface area contributed by atoms with E-state index in [4.69, 9.17) is 21.1 Å². The Morgan fingerprint density at radius 2 is 1.70 bits per heavy atom. The Balaban J connectivity index is 1.37. The van der Waals surface area contributed by atoms with Crippen LogP contribution in [0.15, 0.2) is 54.6 Å². The predicted molar refractivity (Wildman–Crippen MR) is 168 cm³/mol. The molecule has 0 heterocycles. The lowest BCUT2D eigenvalue weighted by atomic mass is 9.84. The van der Waals surface area contributed by atoms with Crippen LogP contribution in [0.5, 0.6) is 0 Å². The number of nitrogens with zero attached hydrogens (tertiary/aromatic N) is 1. The van der Waals surface area contributed by atoms with Crippen molar-refractivity contribution in [1.29, 1.82) is 0 Å². The van der Waals surface area contributed by atoms with E-state index in [0.29, 0.717) is 37.3 Å². The minimum Gasteiger partial charge on any atom is -0.467 e. The fraction of sp³-hybridized carbons (Fsp3) is 0.529. The second kappa shape index (κ2) is 15.9. The lowest BCUT2D eigenvalue weighted by molar-refractivity contribution is -0.145. The van der Waals surface area contributed by atoms with Gasteiger partial charge in [0.05, 0.1) is 7.11 Å². The molecule has 2 saturated carbocycles. The summed E-state index contributed by atoms with van der Waals surface area (Å²) in [6, 6.07) is 15.2. The van der Waals surface area contributed by atoms with Crippen LogP contribution < -0.4 is 10.6 Å². The van der Waals surface area contributed by atoms with E-state index in [1.807, 2.05) is 42.5 Å². The highest BCUT2D eigenvalue weighted by molar-refractivity contribution is 6.30. The largest absolute Gasteiger partial charge is 0.467 e. The molecule has 44 heavy (non-hydrogen) atoms. The van der Waals surface area contributed by atoms with Crippen LogP contribution in [0.4, 0.5) is 4.79 Å². The summed E-state index contributed by atoms with van der Waals surface area (Å²) < 4.78 is 10.8. The number of alkyl carbamates (subject to hydrolysis) is 1.